The van der Waals surface area contributed by atoms with Crippen LogP contribution in [-0.4, -0.2) is 13.1 Å². The van der Waals surface area contributed by atoms with Crippen molar-refractivity contribution in [2.24, 2.45) is 5.92 Å². The fourth-order valence-corrected chi connectivity index (χ4v) is 1.85. The summed E-state index contributed by atoms with van der Waals surface area (Å²) in [5, 5.41) is 3.50. The minimum absolute atomic E-state index is 0.652. The van der Waals surface area contributed by atoms with Crippen LogP contribution in [0.3, 0.4) is 0 Å². The van der Waals surface area contributed by atoms with E-state index in [0.717, 1.165) is 19.0 Å². The average Bonchev–Trinajstić information content (AvgIpc) is 2.24. The highest BCUT2D eigenvalue weighted by molar-refractivity contribution is 5.24. The normalized spacial score (nSPS) is 13.1. The molecule has 0 saturated heterocycles. The third-order valence-corrected chi connectivity index (χ3v) is 2.92. The van der Waals surface area contributed by atoms with Crippen LogP contribution in [0.15, 0.2) is 24.3 Å². The first-order valence-corrected chi connectivity index (χ1v) is 6.37. The third-order valence-electron chi connectivity index (χ3n) is 2.92. The number of benzene rings is 1. The van der Waals surface area contributed by atoms with Crippen LogP contribution in [0, 0.1) is 12.8 Å². The Kier molecular flexibility index (Phi) is 5.54. The van der Waals surface area contributed by atoms with Crippen LogP contribution in [0.25, 0.3) is 0 Å². The SMILES string of the molecule is Cc1cccc(C(C)CCNCC(C)C)c1. The van der Waals surface area contributed by atoms with Gasteiger partial charge in [0, 0.05) is 0 Å². The van der Waals surface area contributed by atoms with Crippen molar-refractivity contribution in [1.29, 1.82) is 0 Å². The van der Waals surface area contributed by atoms with Crippen molar-refractivity contribution in [3.05, 3.63) is 35.4 Å². The molecule has 0 aliphatic carbocycles. The second-order valence-electron chi connectivity index (χ2n) is 5.20. The largest absolute Gasteiger partial charge is 0.316 e. The molecule has 0 bridgehead atoms. The molecule has 0 spiro atoms. The maximum atomic E-state index is 3.50. The zero-order valence-corrected chi connectivity index (χ0v) is 11.1. The van der Waals surface area contributed by atoms with E-state index in [1.165, 1.54) is 17.5 Å². The first-order valence-electron chi connectivity index (χ1n) is 6.37. The molecule has 0 radical (unpaired) electrons. The van der Waals surface area contributed by atoms with Crippen molar-refractivity contribution >= 4 is 0 Å². The van der Waals surface area contributed by atoms with E-state index in [1.54, 1.807) is 0 Å². The fraction of sp³-hybridized carbons (Fsp3) is 0.600. The second-order valence-corrected chi connectivity index (χ2v) is 5.20. The van der Waals surface area contributed by atoms with Crippen molar-refractivity contribution in [2.45, 2.75) is 40.0 Å². The van der Waals surface area contributed by atoms with Crippen molar-refractivity contribution in [2.75, 3.05) is 13.1 Å². The predicted octanol–water partition coefficient (Wildman–Crippen LogP) is 3.73. The van der Waals surface area contributed by atoms with Crippen LogP contribution in [0.1, 0.15) is 44.2 Å². The maximum Gasteiger partial charge on any atom is -0.00258 e. The van der Waals surface area contributed by atoms with E-state index in [9.17, 15) is 0 Å². The summed E-state index contributed by atoms with van der Waals surface area (Å²) in [6.07, 6.45) is 1.22. The van der Waals surface area contributed by atoms with Gasteiger partial charge in [0.25, 0.3) is 0 Å². The summed E-state index contributed by atoms with van der Waals surface area (Å²) in [6.45, 7) is 11.2. The lowest BCUT2D eigenvalue weighted by atomic mass is 9.96. The maximum absolute atomic E-state index is 3.50. The van der Waals surface area contributed by atoms with Crippen LogP contribution >= 0.6 is 0 Å². The van der Waals surface area contributed by atoms with Crippen molar-refractivity contribution in [1.82, 2.24) is 5.32 Å². The standard InChI is InChI=1S/C15H25N/c1-12(2)11-16-9-8-14(4)15-7-5-6-13(3)10-15/h5-7,10,12,14,16H,8-9,11H2,1-4H3. The molecule has 16 heavy (non-hydrogen) atoms. The summed E-state index contributed by atoms with van der Waals surface area (Å²) < 4.78 is 0. The Balaban J connectivity index is 2.32. The summed E-state index contributed by atoms with van der Waals surface area (Å²) in [4.78, 5) is 0. The lowest BCUT2D eigenvalue weighted by Gasteiger charge is -2.14. The van der Waals surface area contributed by atoms with Gasteiger partial charge in [0.2, 0.25) is 0 Å². The molecule has 0 amide bonds. The average molecular weight is 219 g/mol. The van der Waals surface area contributed by atoms with Crippen LogP contribution in [0.5, 0.6) is 0 Å². The van der Waals surface area contributed by atoms with Crippen LogP contribution in [0.4, 0.5) is 0 Å². The number of aryl methyl sites for hydroxylation is 1. The van der Waals surface area contributed by atoms with E-state index in [2.05, 4.69) is 57.3 Å². The third kappa shape index (κ3) is 4.80. The summed E-state index contributed by atoms with van der Waals surface area (Å²) >= 11 is 0. The van der Waals surface area contributed by atoms with E-state index < -0.39 is 0 Å². The molecule has 0 aliphatic rings. The Morgan fingerprint density at radius 1 is 1.19 bits per heavy atom. The zero-order chi connectivity index (χ0) is 12.0. The van der Waals surface area contributed by atoms with E-state index in [1.807, 2.05) is 0 Å². The first-order chi connectivity index (χ1) is 7.59. The molecule has 1 rings (SSSR count). The van der Waals surface area contributed by atoms with Crippen molar-refractivity contribution in [3.8, 4) is 0 Å². The highest BCUT2D eigenvalue weighted by Gasteiger charge is 2.05. The summed E-state index contributed by atoms with van der Waals surface area (Å²) in [5.41, 5.74) is 2.82. The van der Waals surface area contributed by atoms with Crippen LogP contribution < -0.4 is 5.32 Å². The van der Waals surface area contributed by atoms with Gasteiger partial charge in [-0.25, -0.2) is 0 Å². The van der Waals surface area contributed by atoms with E-state index in [-0.39, 0.29) is 0 Å². The minimum atomic E-state index is 0.652. The van der Waals surface area contributed by atoms with Gasteiger partial charge in [-0.15, -0.1) is 0 Å². The van der Waals surface area contributed by atoms with E-state index in [0.29, 0.717) is 5.92 Å². The van der Waals surface area contributed by atoms with Gasteiger partial charge in [-0.2, -0.15) is 0 Å². The van der Waals surface area contributed by atoms with Gasteiger partial charge >= 0.3 is 0 Å². The molecule has 1 atom stereocenters. The number of rotatable bonds is 6. The van der Waals surface area contributed by atoms with Crippen LogP contribution in [0.2, 0.25) is 0 Å². The predicted molar refractivity (Wildman–Crippen MR) is 71.9 cm³/mol. The molecule has 0 heterocycles. The Bertz CT molecular complexity index is 304. The Hall–Kier alpha value is -0.820. The van der Waals surface area contributed by atoms with Gasteiger partial charge in [0.1, 0.15) is 0 Å². The van der Waals surface area contributed by atoms with Crippen LogP contribution in [-0.2, 0) is 0 Å². The Morgan fingerprint density at radius 3 is 2.56 bits per heavy atom. The van der Waals surface area contributed by atoms with Crippen molar-refractivity contribution in [3.63, 3.8) is 0 Å². The number of nitrogens with one attached hydrogen (secondary N) is 1. The first kappa shape index (κ1) is 13.2. The molecule has 1 N–H and O–H groups in total. The summed E-state index contributed by atoms with van der Waals surface area (Å²) in [5.74, 6) is 1.40. The highest BCUT2D eigenvalue weighted by atomic mass is 14.8. The molecule has 1 aromatic carbocycles. The van der Waals surface area contributed by atoms with Gasteiger partial charge in [0.05, 0.1) is 0 Å². The van der Waals surface area contributed by atoms with E-state index >= 15 is 0 Å². The van der Waals surface area contributed by atoms with E-state index in [4.69, 9.17) is 0 Å². The molecule has 0 saturated carbocycles. The molecule has 0 aromatic heterocycles. The lowest BCUT2D eigenvalue weighted by Crippen LogP contribution is -2.21. The van der Waals surface area contributed by atoms with Gasteiger partial charge in [-0.1, -0.05) is 50.6 Å². The monoisotopic (exact) mass is 219 g/mol. The summed E-state index contributed by atoms with van der Waals surface area (Å²) in [7, 11) is 0. The number of hydrogen-bond acceptors (Lipinski definition) is 1. The molecule has 1 heteroatoms. The molecule has 0 aliphatic heterocycles. The van der Waals surface area contributed by atoms with Gasteiger partial charge in [0.15, 0.2) is 0 Å². The number of hydrogen-bond donors (Lipinski definition) is 1. The van der Waals surface area contributed by atoms with Gasteiger partial charge in [-0.05, 0) is 43.8 Å². The lowest BCUT2D eigenvalue weighted by molar-refractivity contribution is 0.525. The highest BCUT2D eigenvalue weighted by Crippen LogP contribution is 2.19. The minimum Gasteiger partial charge on any atom is -0.316 e. The van der Waals surface area contributed by atoms with Gasteiger partial charge < -0.3 is 5.32 Å². The quantitative estimate of drug-likeness (QED) is 0.719. The topological polar surface area (TPSA) is 12.0 Å². The second kappa shape index (κ2) is 6.70. The Labute approximate surface area is 100 Å². The summed E-state index contributed by atoms with van der Waals surface area (Å²) in [6, 6.07) is 8.85. The van der Waals surface area contributed by atoms with Crippen molar-refractivity contribution < 1.29 is 0 Å². The molecule has 0 fully saturated rings. The van der Waals surface area contributed by atoms with Gasteiger partial charge in [-0.3, -0.25) is 0 Å². The molecule has 90 valence electrons. The molecule has 1 nitrogen and oxygen atoms in total. The zero-order valence-electron chi connectivity index (χ0n) is 11.1. The molecular formula is C15H25N. The smallest absolute Gasteiger partial charge is 0.00258 e. The molecule has 1 aromatic rings. The Morgan fingerprint density at radius 2 is 1.94 bits per heavy atom. The molecular weight excluding hydrogens is 194 g/mol. The molecule has 1 unspecified atom stereocenters. The fourth-order valence-electron chi connectivity index (χ4n) is 1.85.